The number of methoxy groups -OCH3 is 2. The van der Waals surface area contributed by atoms with Gasteiger partial charge >= 0.3 is 0 Å². The first kappa shape index (κ1) is 41.1. The number of anilines is 1. The Hall–Kier alpha value is -6.60. The molecular formula is C48H52N6O7. The Kier molecular flexibility index (Phi) is 12.4. The van der Waals surface area contributed by atoms with Crippen LogP contribution in [0.25, 0.3) is 11.1 Å². The lowest BCUT2D eigenvalue weighted by Crippen LogP contribution is -2.32. The number of aliphatic imine (C=N–C) groups is 2. The van der Waals surface area contributed by atoms with Gasteiger partial charge in [0.1, 0.15) is 5.75 Å². The fraction of sp³-hybridized carbons (Fsp3) is 0.333. The van der Waals surface area contributed by atoms with Crippen LogP contribution in [0.4, 0.5) is 17.1 Å². The number of rotatable bonds is 17. The topological polar surface area (TPSA) is 141 Å². The average Bonchev–Trinajstić information content (AvgIpc) is 3.85. The van der Waals surface area contributed by atoms with Crippen LogP contribution in [0.2, 0.25) is 0 Å². The van der Waals surface area contributed by atoms with Gasteiger partial charge in [0.15, 0.2) is 23.0 Å². The SMILES string of the molecule is COc1cc2c(cc1OCCCCCOc1cc3c(cc1OC)C(=O)N1C=C(c4cccc(N)c4)CC1C=N3)N=CC1CC(c3ccc(OCCCN(C)C)cc3)=CN1C2=O. The molecule has 0 aromatic heterocycles. The molecule has 13 nitrogen and oxygen atoms in total. The minimum Gasteiger partial charge on any atom is -0.494 e. The van der Waals surface area contributed by atoms with Crippen molar-refractivity contribution < 1.29 is 33.3 Å². The molecule has 0 radical (unpaired) electrons. The first-order chi connectivity index (χ1) is 29.7. The van der Waals surface area contributed by atoms with Gasteiger partial charge in [0.05, 0.1) is 68.6 Å². The summed E-state index contributed by atoms with van der Waals surface area (Å²) in [6, 6.07) is 22.3. The number of unbranched alkanes of at least 4 members (excludes halogenated alkanes) is 2. The second-order valence-electron chi connectivity index (χ2n) is 15.8. The van der Waals surface area contributed by atoms with Gasteiger partial charge < -0.3 is 44.1 Å². The van der Waals surface area contributed by atoms with E-state index in [1.54, 1.807) is 48.3 Å². The first-order valence-corrected chi connectivity index (χ1v) is 20.8. The lowest BCUT2D eigenvalue weighted by Gasteiger charge is -2.19. The molecule has 4 aliphatic rings. The molecule has 2 N–H and O–H groups in total. The van der Waals surface area contributed by atoms with Gasteiger partial charge in [-0.3, -0.25) is 19.6 Å². The highest BCUT2D eigenvalue weighted by Crippen LogP contribution is 2.42. The maximum absolute atomic E-state index is 13.9. The number of nitrogens with zero attached hydrogens (tertiary/aromatic N) is 5. The Morgan fingerprint density at radius 3 is 1.70 bits per heavy atom. The zero-order valence-corrected chi connectivity index (χ0v) is 35.1. The zero-order chi connectivity index (χ0) is 42.5. The van der Waals surface area contributed by atoms with E-state index in [1.807, 2.05) is 73.4 Å². The van der Waals surface area contributed by atoms with Gasteiger partial charge in [-0.25, -0.2) is 0 Å². The van der Waals surface area contributed by atoms with E-state index in [0.29, 0.717) is 83.8 Å². The Bertz CT molecular complexity index is 2410. The van der Waals surface area contributed by atoms with Crippen molar-refractivity contribution in [2.24, 2.45) is 9.98 Å². The number of nitrogen functional groups attached to an aromatic ring is 1. The van der Waals surface area contributed by atoms with E-state index < -0.39 is 0 Å². The van der Waals surface area contributed by atoms with Crippen molar-refractivity contribution >= 4 is 52.5 Å². The summed E-state index contributed by atoms with van der Waals surface area (Å²) in [7, 11) is 7.24. The van der Waals surface area contributed by atoms with E-state index in [2.05, 4.69) is 19.0 Å². The van der Waals surface area contributed by atoms with Crippen LogP contribution in [0.1, 0.15) is 70.4 Å². The van der Waals surface area contributed by atoms with E-state index in [1.165, 1.54) is 0 Å². The molecule has 2 atom stereocenters. The Balaban J connectivity index is 0.828. The summed E-state index contributed by atoms with van der Waals surface area (Å²) in [5.41, 5.74) is 12.8. The number of carbonyl (C=O) groups excluding carboxylic acids is 2. The Labute approximate surface area is 356 Å². The summed E-state index contributed by atoms with van der Waals surface area (Å²) < 4.78 is 29.6. The normalized spacial score (nSPS) is 17.5. The lowest BCUT2D eigenvalue weighted by atomic mass is 10.0. The molecular weight excluding hydrogens is 773 g/mol. The Morgan fingerprint density at radius 1 is 0.639 bits per heavy atom. The number of nitrogens with two attached hydrogens (primary N) is 1. The molecule has 0 aliphatic carbocycles. The van der Waals surface area contributed by atoms with Gasteiger partial charge in [-0.05, 0) is 98.4 Å². The summed E-state index contributed by atoms with van der Waals surface area (Å²) in [5, 5.41) is 0. The van der Waals surface area contributed by atoms with Crippen LogP contribution in [-0.4, -0.2) is 106 Å². The molecule has 0 saturated heterocycles. The summed E-state index contributed by atoms with van der Waals surface area (Å²) in [6.07, 6.45) is 12.1. The third kappa shape index (κ3) is 9.12. The van der Waals surface area contributed by atoms with Crippen LogP contribution in [0.5, 0.6) is 28.7 Å². The minimum absolute atomic E-state index is 0.135. The molecule has 2 amide bonds. The van der Waals surface area contributed by atoms with Crippen molar-refractivity contribution in [3.63, 3.8) is 0 Å². The van der Waals surface area contributed by atoms with Crippen molar-refractivity contribution in [3.05, 3.63) is 107 Å². The summed E-state index contributed by atoms with van der Waals surface area (Å²) >= 11 is 0. The highest BCUT2D eigenvalue weighted by molar-refractivity contribution is 6.06. The van der Waals surface area contributed by atoms with Crippen LogP contribution in [0, 0.1) is 0 Å². The largest absolute Gasteiger partial charge is 0.494 e. The second-order valence-corrected chi connectivity index (χ2v) is 15.8. The van der Waals surface area contributed by atoms with Crippen molar-refractivity contribution in [3.8, 4) is 28.7 Å². The number of benzene rings is 4. The van der Waals surface area contributed by atoms with E-state index >= 15 is 0 Å². The molecule has 13 heteroatoms. The first-order valence-electron chi connectivity index (χ1n) is 20.8. The molecule has 0 fully saturated rings. The summed E-state index contributed by atoms with van der Waals surface area (Å²) in [5.74, 6) is 2.56. The quantitative estimate of drug-likeness (QED) is 0.0825. The number of hydrogen-bond acceptors (Lipinski definition) is 11. The third-order valence-corrected chi connectivity index (χ3v) is 11.2. The number of amides is 2. The number of ether oxygens (including phenoxy) is 5. The fourth-order valence-electron chi connectivity index (χ4n) is 7.96. The maximum Gasteiger partial charge on any atom is 0.260 e. The predicted octanol–water partition coefficient (Wildman–Crippen LogP) is 8.19. The lowest BCUT2D eigenvalue weighted by molar-refractivity contribution is 0.0809. The van der Waals surface area contributed by atoms with Gasteiger partial charge in [-0.15, -0.1) is 0 Å². The highest BCUT2D eigenvalue weighted by Gasteiger charge is 2.35. The van der Waals surface area contributed by atoms with Crippen LogP contribution in [0.3, 0.4) is 0 Å². The molecule has 4 heterocycles. The average molecular weight is 825 g/mol. The van der Waals surface area contributed by atoms with Crippen LogP contribution < -0.4 is 29.4 Å². The predicted molar refractivity (Wildman–Crippen MR) is 238 cm³/mol. The molecule has 8 rings (SSSR count). The number of fused-ring (bicyclic) bond motifs is 4. The summed E-state index contributed by atoms with van der Waals surface area (Å²) in [4.78, 5) is 42.7. The number of hydrogen-bond donors (Lipinski definition) is 1. The maximum atomic E-state index is 13.9. The molecule has 0 bridgehead atoms. The van der Waals surface area contributed by atoms with E-state index in [9.17, 15) is 9.59 Å². The van der Waals surface area contributed by atoms with E-state index in [-0.39, 0.29) is 23.9 Å². The fourth-order valence-corrected chi connectivity index (χ4v) is 7.96. The van der Waals surface area contributed by atoms with Crippen molar-refractivity contribution in [1.29, 1.82) is 0 Å². The van der Waals surface area contributed by atoms with Gasteiger partial charge in [0, 0.05) is 62.0 Å². The zero-order valence-electron chi connectivity index (χ0n) is 35.1. The smallest absolute Gasteiger partial charge is 0.260 e. The van der Waals surface area contributed by atoms with Crippen molar-refractivity contribution in [2.45, 2.75) is 50.6 Å². The van der Waals surface area contributed by atoms with Gasteiger partial charge in [-0.1, -0.05) is 24.3 Å². The molecule has 316 valence electrons. The van der Waals surface area contributed by atoms with E-state index in [4.69, 9.17) is 39.4 Å². The molecule has 4 aromatic carbocycles. The minimum atomic E-state index is -0.196. The van der Waals surface area contributed by atoms with Crippen LogP contribution >= 0.6 is 0 Å². The molecule has 0 spiro atoms. The molecule has 2 unspecified atom stereocenters. The molecule has 4 aliphatic heterocycles. The Morgan fingerprint density at radius 2 is 1.18 bits per heavy atom. The van der Waals surface area contributed by atoms with E-state index in [0.717, 1.165) is 60.3 Å². The molecule has 61 heavy (non-hydrogen) atoms. The van der Waals surface area contributed by atoms with Crippen molar-refractivity contribution in [2.75, 3.05) is 60.4 Å². The van der Waals surface area contributed by atoms with Crippen molar-refractivity contribution in [1.82, 2.24) is 14.7 Å². The third-order valence-electron chi connectivity index (χ3n) is 11.2. The van der Waals surface area contributed by atoms with Gasteiger partial charge in [0.2, 0.25) is 0 Å². The number of carbonyl (C=O) groups is 2. The molecule has 0 saturated carbocycles. The monoisotopic (exact) mass is 824 g/mol. The molecule has 4 aromatic rings. The summed E-state index contributed by atoms with van der Waals surface area (Å²) in [6.45, 7) is 2.52. The van der Waals surface area contributed by atoms with Crippen LogP contribution in [-0.2, 0) is 0 Å². The standard InChI is InChI=1S/C48H52N6O7/c1-52(2)16-9-19-59-38-14-12-31(13-15-38)33-21-36-27-50-41-25-45(43(57-3)23-39(41)47(55)53(36)29-33)60-17-6-5-7-18-61-46-26-42-40(24-44(46)58-4)48(56)54-30-34(22-37(54)28-51-42)32-10-8-11-35(49)20-32/h8,10-15,20,23-30,36-37H,5-7,9,16-19,21-22,49H2,1-4H3. The highest BCUT2D eigenvalue weighted by atomic mass is 16.5. The van der Waals surface area contributed by atoms with Gasteiger partial charge in [0.25, 0.3) is 11.8 Å². The van der Waals surface area contributed by atoms with Gasteiger partial charge in [-0.2, -0.15) is 0 Å². The van der Waals surface area contributed by atoms with Crippen LogP contribution in [0.15, 0.2) is 95.2 Å². The second kappa shape index (κ2) is 18.3.